The summed E-state index contributed by atoms with van der Waals surface area (Å²) in [7, 11) is 0. The van der Waals surface area contributed by atoms with Gasteiger partial charge in [-0.05, 0) is 24.8 Å². The zero-order valence-electron chi connectivity index (χ0n) is 19.4. The zero-order valence-corrected chi connectivity index (χ0v) is 21.0. The lowest BCUT2D eigenvalue weighted by Crippen LogP contribution is -2.71. The number of β-lactam (4-membered cyclic amide) rings is 1. The molecular formula is C21H24N8O6S2. The number of nitrogens with two attached hydrogens (primary N) is 1. The van der Waals surface area contributed by atoms with Crippen LogP contribution in [0.25, 0.3) is 0 Å². The molecule has 5 rings (SSSR count). The van der Waals surface area contributed by atoms with Crippen molar-refractivity contribution in [2.45, 2.75) is 36.7 Å². The van der Waals surface area contributed by atoms with Gasteiger partial charge in [0.15, 0.2) is 5.13 Å². The summed E-state index contributed by atoms with van der Waals surface area (Å²) in [5.74, 6) is -2.59. The fourth-order valence-corrected chi connectivity index (χ4v) is 6.58. The summed E-state index contributed by atoms with van der Waals surface area (Å²) in [5.41, 5.74) is 6.21. The summed E-state index contributed by atoms with van der Waals surface area (Å²) < 4.78 is 3.82. The van der Waals surface area contributed by atoms with E-state index in [2.05, 4.69) is 25.1 Å². The molecule has 5 heterocycles. The molecule has 1 unspecified atom stereocenters. The van der Waals surface area contributed by atoms with Crippen LogP contribution in [0.4, 0.5) is 5.13 Å². The van der Waals surface area contributed by atoms with Crippen LogP contribution in [-0.2, 0) is 19.2 Å². The van der Waals surface area contributed by atoms with Crippen LogP contribution in [0, 0.1) is 0 Å². The SMILES string of the molecule is Nc1nc(/C(=N/O)C(=O)N[C@@H]2C(=O)N3C(C(=O)O)=C(/C=C4\CNC(C(=O)N5CCCC5)C4)CS[C@H]23)ns1. The summed E-state index contributed by atoms with van der Waals surface area (Å²) in [6, 6.07) is -1.36. The molecule has 0 saturated carbocycles. The molecule has 14 nitrogen and oxygen atoms in total. The third-order valence-corrected chi connectivity index (χ3v) is 8.44. The van der Waals surface area contributed by atoms with Crippen LogP contribution in [0.1, 0.15) is 25.1 Å². The molecule has 3 saturated heterocycles. The monoisotopic (exact) mass is 548 g/mol. The Morgan fingerprint density at radius 2 is 2.03 bits per heavy atom. The molecule has 3 atom stereocenters. The molecule has 1 aromatic heterocycles. The van der Waals surface area contributed by atoms with Gasteiger partial charge in [-0.15, -0.1) is 11.8 Å². The number of hydrogen-bond donors (Lipinski definition) is 5. The molecule has 0 aliphatic carbocycles. The zero-order chi connectivity index (χ0) is 26.3. The van der Waals surface area contributed by atoms with Gasteiger partial charge in [0.2, 0.25) is 17.4 Å². The third kappa shape index (κ3) is 4.67. The number of anilines is 1. The number of carbonyl (C=O) groups excluding carboxylic acids is 3. The predicted molar refractivity (Wildman–Crippen MR) is 133 cm³/mol. The Balaban J connectivity index is 1.29. The molecule has 0 spiro atoms. The maximum Gasteiger partial charge on any atom is 0.352 e. The number of nitrogens with one attached hydrogen (secondary N) is 2. The lowest BCUT2D eigenvalue weighted by atomic mass is 10.0. The first kappa shape index (κ1) is 25.2. The molecule has 6 N–H and O–H groups in total. The Bertz CT molecular complexity index is 1250. The Hall–Kier alpha value is -3.50. The van der Waals surface area contributed by atoms with Gasteiger partial charge in [-0.3, -0.25) is 19.3 Å². The number of carboxylic acids is 1. The smallest absolute Gasteiger partial charge is 0.352 e. The Kier molecular flexibility index (Phi) is 6.87. The number of carboxylic acid groups (broad SMARTS) is 1. The molecule has 37 heavy (non-hydrogen) atoms. The number of likely N-dealkylation sites (tertiary alicyclic amines) is 1. The van der Waals surface area contributed by atoms with E-state index >= 15 is 0 Å². The molecule has 0 aromatic carbocycles. The molecule has 196 valence electrons. The van der Waals surface area contributed by atoms with Crippen molar-refractivity contribution in [2.24, 2.45) is 5.16 Å². The van der Waals surface area contributed by atoms with E-state index in [0.717, 1.165) is 47.9 Å². The third-order valence-electron chi connectivity index (χ3n) is 6.59. The van der Waals surface area contributed by atoms with Crippen molar-refractivity contribution in [3.8, 4) is 0 Å². The van der Waals surface area contributed by atoms with Crippen LogP contribution in [0.5, 0.6) is 0 Å². The van der Waals surface area contributed by atoms with Gasteiger partial charge in [0.1, 0.15) is 17.1 Å². The van der Waals surface area contributed by atoms with Crippen LogP contribution < -0.4 is 16.4 Å². The van der Waals surface area contributed by atoms with Gasteiger partial charge in [0.25, 0.3) is 11.8 Å². The van der Waals surface area contributed by atoms with E-state index in [0.29, 0.717) is 24.3 Å². The van der Waals surface area contributed by atoms with E-state index in [1.807, 2.05) is 4.90 Å². The van der Waals surface area contributed by atoms with Crippen LogP contribution in [-0.4, -0.2) is 102 Å². The molecule has 3 fully saturated rings. The van der Waals surface area contributed by atoms with Crippen LogP contribution in [0.2, 0.25) is 0 Å². The van der Waals surface area contributed by atoms with Gasteiger partial charge < -0.3 is 31.6 Å². The summed E-state index contributed by atoms with van der Waals surface area (Å²) in [6.45, 7) is 1.98. The van der Waals surface area contributed by atoms with Crippen LogP contribution in [0.15, 0.2) is 28.1 Å². The number of carbonyl (C=O) groups is 4. The van der Waals surface area contributed by atoms with E-state index in [1.54, 1.807) is 6.08 Å². The Morgan fingerprint density at radius 3 is 2.68 bits per heavy atom. The lowest BCUT2D eigenvalue weighted by Gasteiger charge is -2.49. The number of aliphatic carboxylic acids is 1. The van der Waals surface area contributed by atoms with Gasteiger partial charge in [0.05, 0.1) is 6.04 Å². The first-order valence-electron chi connectivity index (χ1n) is 11.5. The van der Waals surface area contributed by atoms with Gasteiger partial charge in [0, 0.05) is 36.9 Å². The van der Waals surface area contributed by atoms with E-state index < -0.39 is 34.9 Å². The number of allylic oxidation sites excluding steroid dienone is 1. The van der Waals surface area contributed by atoms with Crippen molar-refractivity contribution < 1.29 is 29.5 Å². The highest BCUT2D eigenvalue weighted by molar-refractivity contribution is 8.00. The van der Waals surface area contributed by atoms with Crippen molar-refractivity contribution in [1.29, 1.82) is 0 Å². The number of aromatic nitrogens is 2. The Labute approximate surface area is 218 Å². The number of fused-ring (bicyclic) bond motifs is 1. The number of thioether (sulfide) groups is 1. The topological polar surface area (TPSA) is 203 Å². The van der Waals surface area contributed by atoms with E-state index in [9.17, 15) is 29.5 Å². The van der Waals surface area contributed by atoms with Gasteiger partial charge in [-0.2, -0.15) is 9.36 Å². The normalized spacial score (nSPS) is 26.9. The molecular weight excluding hydrogens is 524 g/mol. The largest absolute Gasteiger partial charge is 0.477 e. The number of oxime groups is 1. The van der Waals surface area contributed by atoms with Crippen molar-refractivity contribution in [2.75, 3.05) is 31.1 Å². The van der Waals surface area contributed by atoms with Crippen molar-refractivity contribution in [3.63, 3.8) is 0 Å². The maximum absolute atomic E-state index is 12.9. The maximum atomic E-state index is 12.9. The van der Waals surface area contributed by atoms with Crippen LogP contribution >= 0.6 is 23.3 Å². The van der Waals surface area contributed by atoms with Gasteiger partial charge in [-0.1, -0.05) is 16.8 Å². The van der Waals surface area contributed by atoms with Crippen molar-refractivity contribution in [1.82, 2.24) is 29.8 Å². The van der Waals surface area contributed by atoms with Crippen molar-refractivity contribution in [3.05, 3.63) is 28.7 Å². The van der Waals surface area contributed by atoms with E-state index in [1.165, 1.54) is 11.8 Å². The lowest BCUT2D eigenvalue weighted by molar-refractivity contribution is -0.150. The minimum atomic E-state index is -1.26. The van der Waals surface area contributed by atoms with Gasteiger partial charge in [-0.25, -0.2) is 4.79 Å². The molecule has 16 heteroatoms. The van der Waals surface area contributed by atoms with E-state index in [4.69, 9.17) is 5.73 Å². The van der Waals surface area contributed by atoms with E-state index in [-0.39, 0.29) is 28.6 Å². The fraction of sp³-hybridized carbons (Fsp3) is 0.476. The minimum absolute atomic E-state index is 0.0595. The Morgan fingerprint density at radius 1 is 1.27 bits per heavy atom. The summed E-state index contributed by atoms with van der Waals surface area (Å²) in [6.07, 6.45) is 4.24. The predicted octanol–water partition coefficient (Wildman–Crippen LogP) is -1.05. The average Bonchev–Trinajstić information content (AvgIpc) is 3.65. The summed E-state index contributed by atoms with van der Waals surface area (Å²) in [5, 5.41) is 27.2. The number of hydrogen-bond acceptors (Lipinski definition) is 12. The second kappa shape index (κ2) is 10.1. The second-order valence-electron chi connectivity index (χ2n) is 8.92. The molecule has 1 aromatic rings. The summed E-state index contributed by atoms with van der Waals surface area (Å²) >= 11 is 2.11. The average molecular weight is 549 g/mol. The number of nitrogens with zero attached hydrogens (tertiary/aromatic N) is 5. The number of rotatable bonds is 6. The molecule has 4 aliphatic heterocycles. The van der Waals surface area contributed by atoms with Crippen LogP contribution in [0.3, 0.4) is 0 Å². The quantitative estimate of drug-likeness (QED) is 0.126. The fourth-order valence-electron chi connectivity index (χ4n) is 4.84. The second-order valence-corrected chi connectivity index (χ2v) is 10.8. The van der Waals surface area contributed by atoms with Crippen molar-refractivity contribution >= 4 is 57.8 Å². The minimum Gasteiger partial charge on any atom is -0.477 e. The molecule has 0 bridgehead atoms. The summed E-state index contributed by atoms with van der Waals surface area (Å²) in [4.78, 5) is 57.2. The highest BCUT2D eigenvalue weighted by Crippen LogP contribution is 2.41. The highest BCUT2D eigenvalue weighted by atomic mass is 32.2. The molecule has 3 amide bonds. The first-order chi connectivity index (χ1) is 17.8. The molecule has 0 radical (unpaired) electrons. The number of nitrogen functional groups attached to an aromatic ring is 1. The first-order valence-corrected chi connectivity index (χ1v) is 13.4. The highest BCUT2D eigenvalue weighted by Gasteiger charge is 2.54. The standard InChI is InChI=1S/C21H24N8O6S2/c22-21-25-15(27-37-21)12(26-35)16(30)24-13-18(32)29-14(20(33)34)10(8-36-19(13)29)5-9-6-11(23-7-9)17(31)28-3-1-2-4-28/h5,11,13,19,23,35H,1-4,6-8H2,(H,24,30)(H,33,34)(H2,22,25,27)/b9-5-,26-12-/t11?,13-,19-/m1/s1. The number of amides is 3. The van der Waals surface area contributed by atoms with Gasteiger partial charge >= 0.3 is 5.97 Å². The molecule has 4 aliphatic rings.